The molecule has 120 valence electrons. The van der Waals surface area contributed by atoms with Crippen molar-refractivity contribution in [2.75, 3.05) is 0 Å². The molecule has 0 aliphatic heterocycles. The third-order valence-corrected chi connectivity index (χ3v) is 5.23. The lowest BCUT2D eigenvalue weighted by atomic mass is 9.85. The highest BCUT2D eigenvalue weighted by atomic mass is 127. The first-order chi connectivity index (χ1) is 9.88. The molecule has 0 unspecified atom stereocenters. The number of rotatable bonds is 8. The van der Waals surface area contributed by atoms with Crippen LogP contribution in [0.2, 0.25) is 0 Å². The van der Waals surface area contributed by atoms with E-state index in [0.29, 0.717) is 5.75 Å². The molecular formula is C19H31IO. The molecule has 0 bridgehead atoms. The Balaban J connectivity index is 2.53. The van der Waals surface area contributed by atoms with E-state index < -0.39 is 0 Å². The largest absolute Gasteiger partial charge is 0.508 e. The van der Waals surface area contributed by atoms with E-state index in [0.717, 1.165) is 12.0 Å². The zero-order valence-electron chi connectivity index (χ0n) is 14.1. The molecule has 1 aromatic rings. The van der Waals surface area contributed by atoms with Crippen LogP contribution in [0.15, 0.2) is 12.1 Å². The Labute approximate surface area is 144 Å². The molecule has 0 aliphatic carbocycles. The van der Waals surface area contributed by atoms with E-state index in [2.05, 4.69) is 56.4 Å². The summed E-state index contributed by atoms with van der Waals surface area (Å²) in [4.78, 5) is 0. The van der Waals surface area contributed by atoms with Gasteiger partial charge in [-0.15, -0.1) is 0 Å². The Morgan fingerprint density at radius 1 is 0.952 bits per heavy atom. The molecule has 1 N–H and O–H groups in total. The van der Waals surface area contributed by atoms with Gasteiger partial charge in [0, 0.05) is 9.13 Å². The average molecular weight is 402 g/mol. The number of halogens is 1. The Kier molecular flexibility index (Phi) is 8.07. The molecule has 21 heavy (non-hydrogen) atoms. The summed E-state index contributed by atoms with van der Waals surface area (Å²) in [6, 6.07) is 3.97. The van der Waals surface area contributed by atoms with Crippen LogP contribution >= 0.6 is 22.6 Å². The Hall–Kier alpha value is -0.250. The first kappa shape index (κ1) is 18.8. The minimum absolute atomic E-state index is 0.00321. The van der Waals surface area contributed by atoms with Gasteiger partial charge in [0.1, 0.15) is 5.75 Å². The number of hydrogen-bond acceptors (Lipinski definition) is 1. The van der Waals surface area contributed by atoms with Crippen molar-refractivity contribution >= 4 is 22.6 Å². The molecule has 0 spiro atoms. The predicted molar refractivity (Wildman–Crippen MR) is 101 cm³/mol. The highest BCUT2D eigenvalue weighted by Gasteiger charge is 2.22. The van der Waals surface area contributed by atoms with Crippen molar-refractivity contribution in [3.8, 4) is 5.75 Å². The zero-order valence-corrected chi connectivity index (χ0v) is 16.3. The van der Waals surface area contributed by atoms with Crippen molar-refractivity contribution in [2.45, 2.75) is 84.5 Å². The minimum Gasteiger partial charge on any atom is -0.508 e. The number of unbranched alkanes of at least 4 members (excludes halogenated alkanes) is 6. The SMILES string of the molecule is CCCCCCCCCc1ccc(O)c(C(C)(C)C)c1I. The quantitative estimate of drug-likeness (QED) is 0.384. The summed E-state index contributed by atoms with van der Waals surface area (Å²) in [6.45, 7) is 8.77. The highest BCUT2D eigenvalue weighted by molar-refractivity contribution is 14.1. The number of phenolic OH excluding ortho intramolecular Hbond substituents is 1. The van der Waals surface area contributed by atoms with E-state index in [4.69, 9.17) is 0 Å². The second kappa shape index (κ2) is 9.02. The molecule has 0 fully saturated rings. The van der Waals surface area contributed by atoms with Gasteiger partial charge in [0.15, 0.2) is 0 Å². The van der Waals surface area contributed by atoms with Crippen LogP contribution < -0.4 is 0 Å². The van der Waals surface area contributed by atoms with E-state index >= 15 is 0 Å². The summed E-state index contributed by atoms with van der Waals surface area (Å²) in [5, 5.41) is 10.1. The maximum atomic E-state index is 10.1. The molecule has 0 saturated carbocycles. The van der Waals surface area contributed by atoms with E-state index in [-0.39, 0.29) is 5.41 Å². The molecule has 0 aromatic heterocycles. The molecule has 1 nitrogen and oxygen atoms in total. The van der Waals surface area contributed by atoms with Gasteiger partial charge in [-0.1, -0.05) is 72.3 Å². The van der Waals surface area contributed by atoms with Crippen molar-refractivity contribution in [1.82, 2.24) is 0 Å². The highest BCUT2D eigenvalue weighted by Crippen LogP contribution is 2.36. The van der Waals surface area contributed by atoms with Crippen LogP contribution in [-0.4, -0.2) is 5.11 Å². The molecule has 1 aromatic carbocycles. The van der Waals surface area contributed by atoms with Gasteiger partial charge >= 0.3 is 0 Å². The summed E-state index contributed by atoms with van der Waals surface area (Å²) in [6.07, 6.45) is 10.6. The van der Waals surface area contributed by atoms with Crippen LogP contribution in [0.3, 0.4) is 0 Å². The molecular weight excluding hydrogens is 371 g/mol. The molecule has 0 radical (unpaired) electrons. The fourth-order valence-electron chi connectivity index (χ4n) is 2.79. The second-order valence-corrected chi connectivity index (χ2v) is 8.13. The zero-order chi connectivity index (χ0) is 15.9. The lowest BCUT2D eigenvalue weighted by Gasteiger charge is -2.23. The van der Waals surface area contributed by atoms with Gasteiger partial charge in [0.2, 0.25) is 0 Å². The lowest BCUT2D eigenvalue weighted by Crippen LogP contribution is -2.14. The van der Waals surface area contributed by atoms with E-state index in [9.17, 15) is 5.11 Å². The number of aromatic hydroxyl groups is 1. The standard InChI is InChI=1S/C19H31IO/c1-5-6-7-8-9-10-11-12-15-13-14-16(21)17(18(15)20)19(2,3)4/h13-14,21H,5-12H2,1-4H3. The molecule has 0 saturated heterocycles. The summed E-state index contributed by atoms with van der Waals surface area (Å²) in [5.74, 6) is 0.440. The normalized spacial score (nSPS) is 11.9. The van der Waals surface area contributed by atoms with Gasteiger partial charge in [-0.05, 0) is 52.5 Å². The van der Waals surface area contributed by atoms with Crippen LogP contribution in [0.25, 0.3) is 0 Å². The number of aryl methyl sites for hydroxylation is 1. The summed E-state index contributed by atoms with van der Waals surface area (Å²) in [7, 11) is 0. The van der Waals surface area contributed by atoms with Gasteiger partial charge in [-0.3, -0.25) is 0 Å². The van der Waals surface area contributed by atoms with E-state index in [1.165, 1.54) is 54.1 Å². The van der Waals surface area contributed by atoms with Gasteiger partial charge in [0.25, 0.3) is 0 Å². The Morgan fingerprint density at radius 2 is 1.52 bits per heavy atom. The summed E-state index contributed by atoms with van der Waals surface area (Å²) >= 11 is 2.41. The topological polar surface area (TPSA) is 20.2 Å². The van der Waals surface area contributed by atoms with Crippen LogP contribution in [0.1, 0.15) is 83.8 Å². The smallest absolute Gasteiger partial charge is 0.120 e. The van der Waals surface area contributed by atoms with Gasteiger partial charge < -0.3 is 5.11 Å². The van der Waals surface area contributed by atoms with Crippen molar-refractivity contribution in [3.63, 3.8) is 0 Å². The first-order valence-corrected chi connectivity index (χ1v) is 9.46. The molecule has 0 aliphatic rings. The summed E-state index contributed by atoms with van der Waals surface area (Å²) in [5.41, 5.74) is 2.49. The van der Waals surface area contributed by atoms with Crippen LogP contribution in [0, 0.1) is 3.57 Å². The average Bonchev–Trinajstić information content (AvgIpc) is 2.38. The Morgan fingerprint density at radius 3 is 2.10 bits per heavy atom. The van der Waals surface area contributed by atoms with Crippen molar-refractivity contribution in [3.05, 3.63) is 26.8 Å². The van der Waals surface area contributed by atoms with Crippen molar-refractivity contribution in [1.29, 1.82) is 0 Å². The van der Waals surface area contributed by atoms with Crippen molar-refractivity contribution < 1.29 is 5.11 Å². The Bertz CT molecular complexity index is 432. The second-order valence-electron chi connectivity index (χ2n) is 7.05. The van der Waals surface area contributed by atoms with Crippen LogP contribution in [0.5, 0.6) is 5.75 Å². The first-order valence-electron chi connectivity index (χ1n) is 8.38. The number of phenols is 1. The third-order valence-electron chi connectivity index (χ3n) is 4.00. The van der Waals surface area contributed by atoms with Gasteiger partial charge in [-0.25, -0.2) is 0 Å². The monoisotopic (exact) mass is 402 g/mol. The molecule has 2 heteroatoms. The fraction of sp³-hybridized carbons (Fsp3) is 0.684. The molecule has 0 amide bonds. The fourth-order valence-corrected chi connectivity index (χ4v) is 4.32. The van der Waals surface area contributed by atoms with E-state index in [1.807, 2.05) is 6.07 Å². The lowest BCUT2D eigenvalue weighted by molar-refractivity contribution is 0.444. The molecule has 1 rings (SSSR count). The third kappa shape index (κ3) is 6.17. The molecule has 0 heterocycles. The molecule has 0 atom stereocenters. The number of hydrogen-bond donors (Lipinski definition) is 1. The van der Waals surface area contributed by atoms with Crippen LogP contribution in [-0.2, 0) is 11.8 Å². The maximum Gasteiger partial charge on any atom is 0.120 e. The van der Waals surface area contributed by atoms with Gasteiger partial charge in [-0.2, -0.15) is 0 Å². The summed E-state index contributed by atoms with van der Waals surface area (Å²) < 4.78 is 1.26. The van der Waals surface area contributed by atoms with E-state index in [1.54, 1.807) is 0 Å². The van der Waals surface area contributed by atoms with Crippen molar-refractivity contribution in [2.24, 2.45) is 0 Å². The minimum atomic E-state index is -0.00321. The maximum absolute atomic E-state index is 10.1. The predicted octanol–water partition coefficient (Wildman–Crippen LogP) is 6.59. The van der Waals surface area contributed by atoms with Gasteiger partial charge in [0.05, 0.1) is 0 Å². The number of benzene rings is 1. The van der Waals surface area contributed by atoms with Crippen LogP contribution in [0.4, 0.5) is 0 Å².